The maximum atomic E-state index is 10.9. The standard InChI is InChI=1S/C6H10BrNO.2Mg.4H/c7-8-5-3-1-2-4-6(8)9;;;;;;/h1-5H2;;;;;;. The van der Waals surface area contributed by atoms with Crippen molar-refractivity contribution in [1.29, 1.82) is 0 Å². The first kappa shape index (κ1) is 15.0. The van der Waals surface area contributed by atoms with E-state index in [1.54, 1.807) is 3.93 Å². The summed E-state index contributed by atoms with van der Waals surface area (Å²) in [4.78, 5) is 10.9. The van der Waals surface area contributed by atoms with Gasteiger partial charge in [0, 0.05) is 13.0 Å². The van der Waals surface area contributed by atoms with Crippen LogP contribution in [0.4, 0.5) is 0 Å². The summed E-state index contributed by atoms with van der Waals surface area (Å²) < 4.78 is 1.64. The summed E-state index contributed by atoms with van der Waals surface area (Å²) in [6, 6.07) is 0. The van der Waals surface area contributed by atoms with E-state index in [-0.39, 0.29) is 52.0 Å². The second-order valence-corrected chi connectivity index (χ2v) is 3.15. The number of rotatable bonds is 0. The SMILES string of the molecule is O=C1CCCCCN1Br.[MgH2].[MgH2]. The first-order valence-corrected chi connectivity index (χ1v) is 3.98. The molecule has 1 amide bonds. The fraction of sp³-hybridized carbons (Fsp3) is 0.833. The molecule has 0 atom stereocenters. The normalized spacial score (nSPS) is 17.9. The number of hydrogen-bond donors (Lipinski definition) is 0. The van der Waals surface area contributed by atoms with Gasteiger partial charge in [0.25, 0.3) is 0 Å². The van der Waals surface area contributed by atoms with Crippen molar-refractivity contribution in [3.05, 3.63) is 0 Å². The summed E-state index contributed by atoms with van der Waals surface area (Å²) in [5.74, 6) is 0.229. The minimum Gasteiger partial charge on any atom is -0.279 e. The number of nitrogens with zero attached hydrogens (tertiary/aromatic N) is 1. The summed E-state index contributed by atoms with van der Waals surface area (Å²) in [5, 5.41) is 0. The molecule has 1 saturated heterocycles. The molecule has 1 aliphatic heterocycles. The highest BCUT2D eigenvalue weighted by molar-refractivity contribution is 9.07. The Morgan fingerprint density at radius 3 is 2.45 bits per heavy atom. The largest absolute Gasteiger partial charge is 0.316 e. The summed E-state index contributed by atoms with van der Waals surface area (Å²) >= 11 is 3.19. The maximum Gasteiger partial charge on any atom is 0.316 e. The quantitative estimate of drug-likeness (QED) is 0.429. The predicted octanol–water partition coefficient (Wildman–Crippen LogP) is -0.134. The van der Waals surface area contributed by atoms with Crippen molar-refractivity contribution in [2.45, 2.75) is 25.7 Å². The van der Waals surface area contributed by atoms with Crippen molar-refractivity contribution < 1.29 is 4.79 Å². The number of carbonyl (C=O) groups is 1. The molecule has 0 aromatic carbocycles. The average Bonchev–Trinajstić information content (AvgIpc) is 1.99. The maximum absolute atomic E-state index is 10.9. The highest BCUT2D eigenvalue weighted by atomic mass is 79.9. The molecule has 0 saturated carbocycles. The van der Waals surface area contributed by atoms with Crippen LogP contribution in [0, 0.1) is 0 Å². The zero-order valence-corrected chi connectivity index (χ0v) is 6.85. The van der Waals surface area contributed by atoms with Gasteiger partial charge in [-0.1, -0.05) is 6.42 Å². The molecule has 0 N–H and O–H groups in total. The smallest absolute Gasteiger partial charge is 0.279 e. The summed E-state index contributed by atoms with van der Waals surface area (Å²) in [6.45, 7) is 0.874. The summed E-state index contributed by atoms with van der Waals surface area (Å²) in [7, 11) is 0. The van der Waals surface area contributed by atoms with Gasteiger partial charge in [-0.3, -0.25) is 8.72 Å². The molecule has 1 heterocycles. The second-order valence-electron chi connectivity index (χ2n) is 2.29. The van der Waals surface area contributed by atoms with Crippen LogP contribution < -0.4 is 0 Å². The Balaban J connectivity index is 0. The van der Waals surface area contributed by atoms with Crippen molar-refractivity contribution in [2.75, 3.05) is 6.54 Å². The van der Waals surface area contributed by atoms with Crippen LogP contribution in [-0.4, -0.2) is 62.5 Å². The lowest BCUT2D eigenvalue weighted by Gasteiger charge is -2.08. The zero-order valence-electron chi connectivity index (χ0n) is 5.27. The fourth-order valence-electron chi connectivity index (χ4n) is 0.950. The highest BCUT2D eigenvalue weighted by Gasteiger charge is 2.12. The molecule has 11 heavy (non-hydrogen) atoms. The molecule has 0 radical (unpaired) electrons. The molecule has 0 aromatic rings. The van der Waals surface area contributed by atoms with Crippen molar-refractivity contribution >= 4 is 68.2 Å². The van der Waals surface area contributed by atoms with E-state index in [0.29, 0.717) is 6.42 Å². The highest BCUT2D eigenvalue weighted by Crippen LogP contribution is 2.13. The first-order valence-electron chi connectivity index (χ1n) is 3.27. The Labute approximate surface area is 108 Å². The lowest BCUT2D eigenvalue weighted by atomic mass is 10.2. The van der Waals surface area contributed by atoms with E-state index < -0.39 is 0 Å². The van der Waals surface area contributed by atoms with Gasteiger partial charge in [0.1, 0.15) is 0 Å². The molecule has 1 rings (SSSR count). The summed E-state index contributed by atoms with van der Waals surface area (Å²) in [6.07, 6.45) is 4.09. The third-order valence-corrected chi connectivity index (χ3v) is 2.27. The van der Waals surface area contributed by atoms with Crippen LogP contribution in [-0.2, 0) is 4.79 Å². The molecule has 60 valence electrons. The van der Waals surface area contributed by atoms with Crippen molar-refractivity contribution in [1.82, 2.24) is 3.93 Å². The predicted molar refractivity (Wildman–Crippen MR) is 56.2 cm³/mol. The second kappa shape index (κ2) is 8.10. The van der Waals surface area contributed by atoms with Crippen molar-refractivity contribution in [3.63, 3.8) is 0 Å². The van der Waals surface area contributed by atoms with Gasteiger partial charge in [-0.2, -0.15) is 0 Å². The van der Waals surface area contributed by atoms with Gasteiger partial charge in [-0.05, 0) is 12.8 Å². The van der Waals surface area contributed by atoms with Gasteiger partial charge < -0.3 is 0 Å². The molecular formula is C6H14BrMg2NO. The summed E-state index contributed by atoms with van der Waals surface area (Å²) in [5.41, 5.74) is 0. The van der Waals surface area contributed by atoms with E-state index in [1.807, 2.05) is 0 Å². The van der Waals surface area contributed by atoms with Crippen LogP contribution in [0.5, 0.6) is 0 Å². The van der Waals surface area contributed by atoms with Gasteiger partial charge in [-0.25, -0.2) is 0 Å². The van der Waals surface area contributed by atoms with E-state index in [1.165, 1.54) is 6.42 Å². The van der Waals surface area contributed by atoms with E-state index in [4.69, 9.17) is 0 Å². The van der Waals surface area contributed by atoms with E-state index in [0.717, 1.165) is 19.4 Å². The van der Waals surface area contributed by atoms with Crippen molar-refractivity contribution in [3.8, 4) is 0 Å². The van der Waals surface area contributed by atoms with Crippen molar-refractivity contribution in [2.24, 2.45) is 0 Å². The molecule has 0 unspecified atom stereocenters. The average molecular weight is 245 g/mol. The van der Waals surface area contributed by atoms with Crippen LogP contribution >= 0.6 is 16.1 Å². The van der Waals surface area contributed by atoms with E-state index in [2.05, 4.69) is 16.1 Å². The fourth-order valence-corrected chi connectivity index (χ4v) is 1.38. The van der Waals surface area contributed by atoms with Crippen LogP contribution in [0.2, 0.25) is 0 Å². The van der Waals surface area contributed by atoms with Crippen LogP contribution in [0.3, 0.4) is 0 Å². The van der Waals surface area contributed by atoms with Gasteiger partial charge in [-0.15, -0.1) is 0 Å². The Bertz CT molecular complexity index is 123. The van der Waals surface area contributed by atoms with Gasteiger partial charge in [0.2, 0.25) is 5.91 Å². The van der Waals surface area contributed by atoms with Gasteiger partial charge in [0.15, 0.2) is 0 Å². The third kappa shape index (κ3) is 5.68. The van der Waals surface area contributed by atoms with Gasteiger partial charge in [0.05, 0.1) is 16.1 Å². The number of amides is 1. The van der Waals surface area contributed by atoms with E-state index >= 15 is 0 Å². The zero-order chi connectivity index (χ0) is 6.69. The first-order chi connectivity index (χ1) is 4.30. The molecule has 1 fully saturated rings. The van der Waals surface area contributed by atoms with Crippen LogP contribution in [0.1, 0.15) is 25.7 Å². The Hall–Kier alpha value is 1.48. The third-order valence-electron chi connectivity index (χ3n) is 1.52. The topological polar surface area (TPSA) is 20.3 Å². The molecule has 0 bridgehead atoms. The number of halogens is 1. The molecule has 2 nitrogen and oxygen atoms in total. The lowest BCUT2D eigenvalue weighted by molar-refractivity contribution is -0.125. The van der Waals surface area contributed by atoms with Gasteiger partial charge >= 0.3 is 46.1 Å². The molecule has 0 aliphatic carbocycles. The number of hydrogen-bond acceptors (Lipinski definition) is 1. The molecule has 0 spiro atoms. The Kier molecular flexibility index (Phi) is 11.0. The molecule has 5 heteroatoms. The Morgan fingerprint density at radius 1 is 1.18 bits per heavy atom. The minimum atomic E-state index is 0. The monoisotopic (exact) mass is 243 g/mol. The van der Waals surface area contributed by atoms with Crippen LogP contribution in [0.25, 0.3) is 0 Å². The minimum absolute atomic E-state index is 0. The molecule has 1 aliphatic rings. The number of carbonyl (C=O) groups excluding carboxylic acids is 1. The Morgan fingerprint density at radius 2 is 1.82 bits per heavy atom. The lowest BCUT2D eigenvalue weighted by Crippen LogP contribution is -2.18. The van der Waals surface area contributed by atoms with Crippen LogP contribution in [0.15, 0.2) is 0 Å². The molecule has 0 aromatic heterocycles. The van der Waals surface area contributed by atoms with E-state index in [9.17, 15) is 4.79 Å². The molecular weight excluding hydrogens is 231 g/mol.